The van der Waals surface area contributed by atoms with Crippen LogP contribution in [-0.4, -0.2) is 0 Å². The van der Waals surface area contributed by atoms with Gasteiger partial charge >= 0.3 is 0 Å². The number of unbranched alkanes of at least 4 members (excludes halogenated alkanes) is 3. The van der Waals surface area contributed by atoms with Gasteiger partial charge in [-0.15, -0.1) is 0 Å². The van der Waals surface area contributed by atoms with E-state index in [1.165, 1.54) is 31.2 Å². The van der Waals surface area contributed by atoms with Gasteiger partial charge in [0.1, 0.15) is 0 Å². The fraction of sp³-hybridized carbons (Fsp3) is 0.375. The van der Waals surface area contributed by atoms with Gasteiger partial charge in [-0.2, -0.15) is 0 Å². The van der Waals surface area contributed by atoms with Crippen molar-refractivity contribution in [3.63, 3.8) is 0 Å². The summed E-state index contributed by atoms with van der Waals surface area (Å²) >= 11 is 0. The Morgan fingerprint density at radius 3 is 2.28 bits per heavy atom. The van der Waals surface area contributed by atoms with Gasteiger partial charge < -0.3 is 11.5 Å². The number of nitrogens with two attached hydrogens (primary N) is 2. The molecule has 0 bridgehead atoms. The SMILES string of the molecule is CCCCCCc1ccc2c(N)ccc(N)c2c1. The van der Waals surface area contributed by atoms with Gasteiger partial charge in [-0.1, -0.05) is 38.3 Å². The molecule has 4 N–H and O–H groups in total. The van der Waals surface area contributed by atoms with E-state index >= 15 is 0 Å². The third-order valence-corrected chi connectivity index (χ3v) is 3.47. The van der Waals surface area contributed by atoms with E-state index in [1.54, 1.807) is 0 Å². The minimum atomic E-state index is 0.803. The Balaban J connectivity index is 2.19. The van der Waals surface area contributed by atoms with Crippen molar-refractivity contribution in [2.75, 3.05) is 11.5 Å². The van der Waals surface area contributed by atoms with E-state index in [0.29, 0.717) is 0 Å². The quantitative estimate of drug-likeness (QED) is 0.612. The molecule has 0 heterocycles. The zero-order valence-electron chi connectivity index (χ0n) is 11.1. The van der Waals surface area contributed by atoms with Crippen LogP contribution in [0.5, 0.6) is 0 Å². The topological polar surface area (TPSA) is 52.0 Å². The lowest BCUT2D eigenvalue weighted by Gasteiger charge is -2.08. The summed E-state index contributed by atoms with van der Waals surface area (Å²) in [4.78, 5) is 0. The molecule has 0 aliphatic rings. The van der Waals surface area contributed by atoms with Gasteiger partial charge in [0.05, 0.1) is 0 Å². The summed E-state index contributed by atoms with van der Waals surface area (Å²) in [5, 5.41) is 2.15. The molecule has 0 atom stereocenters. The lowest BCUT2D eigenvalue weighted by Crippen LogP contribution is -1.94. The van der Waals surface area contributed by atoms with Crippen LogP contribution in [0.2, 0.25) is 0 Å². The molecule has 2 heteroatoms. The van der Waals surface area contributed by atoms with Crippen molar-refractivity contribution >= 4 is 22.1 Å². The number of benzene rings is 2. The third kappa shape index (κ3) is 2.76. The highest BCUT2D eigenvalue weighted by Crippen LogP contribution is 2.27. The minimum absolute atomic E-state index is 0.803. The van der Waals surface area contributed by atoms with Crippen LogP contribution in [0.15, 0.2) is 30.3 Å². The summed E-state index contributed by atoms with van der Waals surface area (Å²) in [6.07, 6.45) is 6.29. The van der Waals surface area contributed by atoms with E-state index in [4.69, 9.17) is 11.5 Å². The van der Waals surface area contributed by atoms with Crippen LogP contribution < -0.4 is 11.5 Å². The Hall–Kier alpha value is -1.70. The van der Waals surface area contributed by atoms with Crippen LogP contribution in [0.3, 0.4) is 0 Å². The average molecular weight is 242 g/mol. The standard InChI is InChI=1S/C16H22N2/c1-2-3-4-5-6-12-7-8-13-14(11-12)16(18)10-9-15(13)17/h7-11H,2-6,17-18H2,1H3. The Morgan fingerprint density at radius 2 is 1.56 bits per heavy atom. The van der Waals surface area contributed by atoms with Crippen molar-refractivity contribution in [3.8, 4) is 0 Å². The van der Waals surface area contributed by atoms with E-state index in [2.05, 4.69) is 25.1 Å². The molecule has 0 spiro atoms. The number of aryl methyl sites for hydroxylation is 1. The van der Waals surface area contributed by atoms with Crippen molar-refractivity contribution in [2.24, 2.45) is 0 Å². The Bertz CT molecular complexity index is 532. The molecule has 0 aliphatic carbocycles. The van der Waals surface area contributed by atoms with Crippen LogP contribution in [0, 0.1) is 0 Å². The van der Waals surface area contributed by atoms with Crippen molar-refractivity contribution in [1.29, 1.82) is 0 Å². The predicted octanol–water partition coefficient (Wildman–Crippen LogP) is 4.13. The van der Waals surface area contributed by atoms with Gasteiger partial charge in [-0.3, -0.25) is 0 Å². The van der Waals surface area contributed by atoms with Gasteiger partial charge in [-0.25, -0.2) is 0 Å². The van der Waals surface area contributed by atoms with Crippen LogP contribution in [0.1, 0.15) is 38.2 Å². The molecule has 0 aliphatic heterocycles. The molecule has 0 radical (unpaired) electrons. The van der Waals surface area contributed by atoms with Crippen LogP contribution in [-0.2, 0) is 6.42 Å². The van der Waals surface area contributed by atoms with E-state index in [-0.39, 0.29) is 0 Å². The Kier molecular flexibility index (Phi) is 4.08. The van der Waals surface area contributed by atoms with Gasteiger partial charge in [0, 0.05) is 22.1 Å². The van der Waals surface area contributed by atoms with Crippen molar-refractivity contribution in [1.82, 2.24) is 0 Å². The summed E-state index contributed by atoms with van der Waals surface area (Å²) < 4.78 is 0. The first-order chi connectivity index (χ1) is 8.72. The van der Waals surface area contributed by atoms with Crippen LogP contribution in [0.25, 0.3) is 10.8 Å². The largest absolute Gasteiger partial charge is 0.398 e. The summed E-state index contributed by atoms with van der Waals surface area (Å²) in [5.74, 6) is 0. The van der Waals surface area contributed by atoms with Crippen molar-refractivity contribution < 1.29 is 0 Å². The summed E-state index contributed by atoms with van der Waals surface area (Å²) in [5.41, 5.74) is 14.9. The second-order valence-corrected chi connectivity index (χ2v) is 4.93. The monoisotopic (exact) mass is 242 g/mol. The molecular formula is C16H22N2. The number of nitrogen functional groups attached to an aromatic ring is 2. The van der Waals surface area contributed by atoms with Crippen molar-refractivity contribution in [3.05, 3.63) is 35.9 Å². The molecule has 0 saturated carbocycles. The molecule has 0 saturated heterocycles. The molecule has 96 valence electrons. The van der Waals surface area contributed by atoms with E-state index in [0.717, 1.165) is 28.6 Å². The molecule has 0 aromatic heterocycles. The third-order valence-electron chi connectivity index (χ3n) is 3.47. The number of hydrogen-bond acceptors (Lipinski definition) is 2. The lowest BCUT2D eigenvalue weighted by atomic mass is 10.0. The highest BCUT2D eigenvalue weighted by Gasteiger charge is 2.03. The van der Waals surface area contributed by atoms with Crippen molar-refractivity contribution in [2.45, 2.75) is 39.0 Å². The highest BCUT2D eigenvalue weighted by atomic mass is 14.6. The van der Waals surface area contributed by atoms with Crippen LogP contribution in [0.4, 0.5) is 11.4 Å². The first-order valence-electron chi connectivity index (χ1n) is 6.79. The van der Waals surface area contributed by atoms with E-state index in [1.807, 2.05) is 12.1 Å². The van der Waals surface area contributed by atoms with Crippen LogP contribution >= 0.6 is 0 Å². The maximum Gasteiger partial charge on any atom is 0.0395 e. The zero-order chi connectivity index (χ0) is 13.0. The van der Waals surface area contributed by atoms with E-state index < -0.39 is 0 Å². The minimum Gasteiger partial charge on any atom is -0.398 e. The second kappa shape index (κ2) is 5.76. The van der Waals surface area contributed by atoms with Gasteiger partial charge in [0.2, 0.25) is 0 Å². The number of anilines is 2. The maximum absolute atomic E-state index is 6.01. The summed E-state index contributed by atoms with van der Waals surface area (Å²) in [7, 11) is 0. The first-order valence-corrected chi connectivity index (χ1v) is 6.79. The number of rotatable bonds is 5. The van der Waals surface area contributed by atoms with Gasteiger partial charge in [-0.05, 0) is 36.6 Å². The molecule has 2 aromatic rings. The summed E-state index contributed by atoms with van der Waals surface area (Å²) in [6.45, 7) is 2.24. The maximum atomic E-state index is 6.01. The molecule has 2 aromatic carbocycles. The van der Waals surface area contributed by atoms with E-state index in [9.17, 15) is 0 Å². The molecular weight excluding hydrogens is 220 g/mol. The Labute approximate surface area is 109 Å². The molecule has 2 rings (SSSR count). The molecule has 2 nitrogen and oxygen atoms in total. The Morgan fingerprint density at radius 1 is 0.833 bits per heavy atom. The molecule has 0 amide bonds. The fourth-order valence-electron chi connectivity index (χ4n) is 2.35. The number of fused-ring (bicyclic) bond motifs is 1. The lowest BCUT2D eigenvalue weighted by molar-refractivity contribution is 0.667. The highest BCUT2D eigenvalue weighted by molar-refractivity contribution is 6.00. The fourth-order valence-corrected chi connectivity index (χ4v) is 2.35. The molecule has 0 fully saturated rings. The smallest absolute Gasteiger partial charge is 0.0395 e. The average Bonchev–Trinajstić information content (AvgIpc) is 2.39. The van der Waals surface area contributed by atoms with Gasteiger partial charge in [0.15, 0.2) is 0 Å². The predicted molar refractivity (Wildman–Crippen MR) is 80.6 cm³/mol. The van der Waals surface area contributed by atoms with Gasteiger partial charge in [0.25, 0.3) is 0 Å². The first kappa shape index (κ1) is 12.7. The normalized spacial score (nSPS) is 10.9. The molecule has 18 heavy (non-hydrogen) atoms. The zero-order valence-corrected chi connectivity index (χ0v) is 11.1. The summed E-state index contributed by atoms with van der Waals surface area (Å²) in [6, 6.07) is 10.2. The number of hydrogen-bond donors (Lipinski definition) is 2. The second-order valence-electron chi connectivity index (χ2n) is 4.93. The molecule has 0 unspecified atom stereocenters.